The number of hydrogen-bond donors (Lipinski definition) is 1. The zero-order valence-corrected chi connectivity index (χ0v) is 10.7. The van der Waals surface area contributed by atoms with Gasteiger partial charge >= 0.3 is 0 Å². The first-order chi connectivity index (χ1) is 6.96. The van der Waals surface area contributed by atoms with Crippen LogP contribution in [-0.2, 0) is 5.54 Å². The summed E-state index contributed by atoms with van der Waals surface area (Å²) in [6.07, 6.45) is 4.82. The molecule has 0 radical (unpaired) electrons. The molecule has 1 aliphatic rings. The molecule has 84 valence electrons. The van der Waals surface area contributed by atoms with E-state index < -0.39 is 0 Å². The Hall–Kier alpha value is -0.410. The Balaban J connectivity index is 2.39. The number of hydrogen-bond acceptors (Lipinski definition) is 3. The Morgan fingerprint density at radius 3 is 2.53 bits per heavy atom. The van der Waals surface area contributed by atoms with E-state index in [4.69, 9.17) is 5.73 Å². The molecule has 15 heavy (non-hydrogen) atoms. The van der Waals surface area contributed by atoms with Crippen molar-refractivity contribution >= 4 is 11.3 Å². The van der Waals surface area contributed by atoms with Crippen LogP contribution in [0.15, 0.2) is 5.38 Å². The van der Waals surface area contributed by atoms with E-state index in [-0.39, 0.29) is 11.0 Å². The standard InChI is InChI=1S/C12H20N2S/c1-9-8-15-10(14-9)12(13)7-5-4-6-11(12,2)3/h8H,4-7,13H2,1-3H3. The second-order valence-electron chi connectivity index (χ2n) is 5.36. The Morgan fingerprint density at radius 1 is 1.33 bits per heavy atom. The largest absolute Gasteiger partial charge is 0.319 e. The van der Waals surface area contributed by atoms with Gasteiger partial charge in [0.1, 0.15) is 5.01 Å². The Kier molecular flexibility index (Phi) is 2.63. The minimum Gasteiger partial charge on any atom is -0.319 e. The third kappa shape index (κ3) is 1.72. The van der Waals surface area contributed by atoms with Crippen LogP contribution in [0.3, 0.4) is 0 Å². The van der Waals surface area contributed by atoms with Crippen LogP contribution < -0.4 is 5.73 Å². The molecule has 1 fully saturated rings. The van der Waals surface area contributed by atoms with Crippen LogP contribution in [0, 0.1) is 12.3 Å². The molecule has 0 aliphatic heterocycles. The average Bonchev–Trinajstić information content (AvgIpc) is 2.58. The number of nitrogens with zero attached hydrogens (tertiary/aromatic N) is 1. The first-order valence-corrected chi connectivity index (χ1v) is 6.55. The smallest absolute Gasteiger partial charge is 0.113 e. The zero-order chi connectivity index (χ0) is 11.1. The Labute approximate surface area is 95.9 Å². The third-order valence-corrected chi connectivity index (χ3v) is 4.97. The van der Waals surface area contributed by atoms with Gasteiger partial charge in [-0.3, -0.25) is 0 Å². The predicted octanol–water partition coefficient (Wildman–Crippen LogP) is 3.21. The highest BCUT2D eigenvalue weighted by atomic mass is 32.1. The van der Waals surface area contributed by atoms with Crippen molar-refractivity contribution in [3.8, 4) is 0 Å². The Bertz CT molecular complexity index is 356. The number of aromatic nitrogens is 1. The number of thiazole rings is 1. The first-order valence-electron chi connectivity index (χ1n) is 5.67. The Morgan fingerprint density at radius 2 is 2.00 bits per heavy atom. The summed E-state index contributed by atoms with van der Waals surface area (Å²) in [5.41, 5.74) is 7.69. The van der Waals surface area contributed by atoms with Crippen molar-refractivity contribution in [2.24, 2.45) is 11.1 Å². The van der Waals surface area contributed by atoms with E-state index in [0.717, 1.165) is 17.1 Å². The van der Waals surface area contributed by atoms with E-state index in [1.807, 2.05) is 6.92 Å². The molecule has 1 saturated carbocycles. The summed E-state index contributed by atoms with van der Waals surface area (Å²) in [7, 11) is 0. The van der Waals surface area contributed by atoms with Gasteiger partial charge in [-0.05, 0) is 25.2 Å². The third-order valence-electron chi connectivity index (χ3n) is 3.83. The van der Waals surface area contributed by atoms with Gasteiger partial charge in [0.2, 0.25) is 0 Å². The summed E-state index contributed by atoms with van der Waals surface area (Å²) in [6.45, 7) is 6.60. The maximum atomic E-state index is 6.62. The quantitative estimate of drug-likeness (QED) is 0.795. The lowest BCUT2D eigenvalue weighted by Gasteiger charge is -2.46. The molecule has 2 N–H and O–H groups in total. The van der Waals surface area contributed by atoms with Crippen molar-refractivity contribution in [1.82, 2.24) is 4.98 Å². The fourth-order valence-corrected chi connectivity index (χ4v) is 3.61. The van der Waals surface area contributed by atoms with Gasteiger partial charge in [0.05, 0.1) is 5.54 Å². The molecule has 2 rings (SSSR count). The fourth-order valence-electron chi connectivity index (χ4n) is 2.49. The van der Waals surface area contributed by atoms with Crippen LogP contribution in [0.4, 0.5) is 0 Å². The summed E-state index contributed by atoms with van der Waals surface area (Å²) in [5.74, 6) is 0. The molecule has 1 aromatic heterocycles. The second-order valence-corrected chi connectivity index (χ2v) is 6.21. The first kappa shape index (κ1) is 11.1. The molecule has 1 aromatic rings. The van der Waals surface area contributed by atoms with Crippen LogP contribution in [0.2, 0.25) is 0 Å². The predicted molar refractivity (Wildman–Crippen MR) is 65.0 cm³/mol. The zero-order valence-electron chi connectivity index (χ0n) is 9.84. The molecule has 0 spiro atoms. The molecule has 0 amide bonds. The van der Waals surface area contributed by atoms with E-state index in [1.165, 1.54) is 19.3 Å². The minimum absolute atomic E-state index is 0.176. The van der Waals surface area contributed by atoms with Crippen molar-refractivity contribution in [3.63, 3.8) is 0 Å². The van der Waals surface area contributed by atoms with E-state index in [1.54, 1.807) is 11.3 Å². The van der Waals surface area contributed by atoms with Crippen LogP contribution in [-0.4, -0.2) is 4.98 Å². The SMILES string of the molecule is Cc1csc(C2(N)CCCCC2(C)C)n1. The molecule has 1 aliphatic carbocycles. The molecular weight excluding hydrogens is 204 g/mol. The number of nitrogens with two attached hydrogens (primary N) is 1. The van der Waals surface area contributed by atoms with Crippen LogP contribution >= 0.6 is 11.3 Å². The number of aryl methyl sites for hydroxylation is 1. The van der Waals surface area contributed by atoms with Crippen molar-refractivity contribution < 1.29 is 0 Å². The lowest BCUT2D eigenvalue weighted by atomic mass is 9.64. The molecule has 1 atom stereocenters. The van der Waals surface area contributed by atoms with Crippen LogP contribution in [0.1, 0.15) is 50.2 Å². The molecule has 0 saturated heterocycles. The summed E-state index contributed by atoms with van der Waals surface area (Å²) < 4.78 is 0. The van der Waals surface area contributed by atoms with Gasteiger partial charge in [0, 0.05) is 11.1 Å². The molecule has 1 heterocycles. The summed E-state index contributed by atoms with van der Waals surface area (Å²) in [6, 6.07) is 0. The normalized spacial score (nSPS) is 30.4. The highest BCUT2D eigenvalue weighted by Crippen LogP contribution is 2.48. The monoisotopic (exact) mass is 224 g/mol. The van der Waals surface area contributed by atoms with Crippen molar-refractivity contribution in [2.75, 3.05) is 0 Å². The summed E-state index contributed by atoms with van der Waals surface area (Å²) >= 11 is 1.72. The molecule has 1 unspecified atom stereocenters. The van der Waals surface area contributed by atoms with Crippen molar-refractivity contribution in [3.05, 3.63) is 16.1 Å². The molecule has 3 heteroatoms. The second kappa shape index (κ2) is 3.56. The molecular formula is C12H20N2S. The average molecular weight is 224 g/mol. The van der Waals surface area contributed by atoms with Gasteiger partial charge in [0.25, 0.3) is 0 Å². The van der Waals surface area contributed by atoms with E-state index >= 15 is 0 Å². The highest BCUT2D eigenvalue weighted by Gasteiger charge is 2.46. The molecule has 0 aromatic carbocycles. The van der Waals surface area contributed by atoms with Crippen LogP contribution in [0.5, 0.6) is 0 Å². The van der Waals surface area contributed by atoms with Crippen molar-refractivity contribution in [1.29, 1.82) is 0 Å². The van der Waals surface area contributed by atoms with Gasteiger partial charge in [-0.15, -0.1) is 11.3 Å². The maximum Gasteiger partial charge on any atom is 0.113 e. The van der Waals surface area contributed by atoms with Gasteiger partial charge in [-0.2, -0.15) is 0 Å². The van der Waals surface area contributed by atoms with Gasteiger partial charge in [-0.25, -0.2) is 4.98 Å². The highest BCUT2D eigenvalue weighted by molar-refractivity contribution is 7.09. The van der Waals surface area contributed by atoms with Crippen LogP contribution in [0.25, 0.3) is 0 Å². The lowest BCUT2D eigenvalue weighted by molar-refractivity contribution is 0.0975. The summed E-state index contributed by atoms with van der Waals surface area (Å²) in [4.78, 5) is 4.60. The van der Waals surface area contributed by atoms with E-state index in [0.29, 0.717) is 0 Å². The number of rotatable bonds is 1. The van der Waals surface area contributed by atoms with Gasteiger partial charge in [0.15, 0.2) is 0 Å². The minimum atomic E-state index is -0.204. The molecule has 0 bridgehead atoms. The lowest BCUT2D eigenvalue weighted by Crippen LogP contribution is -2.51. The van der Waals surface area contributed by atoms with E-state index in [2.05, 4.69) is 24.2 Å². The topological polar surface area (TPSA) is 38.9 Å². The van der Waals surface area contributed by atoms with Crippen molar-refractivity contribution in [2.45, 2.75) is 52.0 Å². The maximum absolute atomic E-state index is 6.62. The summed E-state index contributed by atoms with van der Waals surface area (Å²) in [5, 5.41) is 3.24. The van der Waals surface area contributed by atoms with Gasteiger partial charge < -0.3 is 5.73 Å². The van der Waals surface area contributed by atoms with Gasteiger partial charge in [-0.1, -0.05) is 26.7 Å². The molecule has 2 nitrogen and oxygen atoms in total. The van der Waals surface area contributed by atoms with E-state index in [9.17, 15) is 0 Å². The fraction of sp³-hybridized carbons (Fsp3) is 0.750.